The van der Waals surface area contributed by atoms with Gasteiger partial charge < -0.3 is 15.0 Å². The molecule has 0 saturated carbocycles. The van der Waals surface area contributed by atoms with Crippen molar-refractivity contribution in [3.8, 4) is 0 Å². The topological polar surface area (TPSA) is 119 Å². The molecule has 35 heavy (non-hydrogen) atoms. The highest BCUT2D eigenvalue weighted by Gasteiger charge is 2.40. The zero-order chi connectivity index (χ0) is 25.3. The van der Waals surface area contributed by atoms with Gasteiger partial charge in [0, 0.05) is 45.9 Å². The number of amides is 1. The number of aryl methyl sites for hydroxylation is 1. The summed E-state index contributed by atoms with van der Waals surface area (Å²) < 4.78 is 22.0. The molecule has 1 amide bonds. The summed E-state index contributed by atoms with van der Waals surface area (Å²) >= 11 is 0. The zero-order valence-electron chi connectivity index (χ0n) is 20.0. The van der Waals surface area contributed by atoms with E-state index >= 15 is 0 Å². The predicted molar refractivity (Wildman–Crippen MR) is 127 cm³/mol. The van der Waals surface area contributed by atoms with Crippen molar-refractivity contribution in [3.05, 3.63) is 57.6 Å². The van der Waals surface area contributed by atoms with Crippen LogP contribution in [0.1, 0.15) is 54.3 Å². The number of aromatic nitrogens is 4. The van der Waals surface area contributed by atoms with Crippen molar-refractivity contribution in [1.29, 1.82) is 0 Å². The van der Waals surface area contributed by atoms with E-state index < -0.39 is 17.5 Å². The third-order valence-corrected chi connectivity index (χ3v) is 6.78. The van der Waals surface area contributed by atoms with Crippen molar-refractivity contribution in [2.75, 3.05) is 25.5 Å². The van der Waals surface area contributed by atoms with Crippen molar-refractivity contribution >= 4 is 29.0 Å². The molecule has 4 rings (SSSR count). The van der Waals surface area contributed by atoms with Gasteiger partial charge in [-0.1, -0.05) is 0 Å². The molecular formula is C24H27FN6O4. The number of carbonyl (C=O) groups is 2. The summed E-state index contributed by atoms with van der Waals surface area (Å²) in [6, 6.07) is 2.65. The lowest BCUT2D eigenvalue weighted by Gasteiger charge is -2.40. The van der Waals surface area contributed by atoms with Crippen molar-refractivity contribution in [1.82, 2.24) is 24.4 Å². The number of piperidine rings is 1. The number of hydrogen-bond donors (Lipinski definition) is 1. The molecule has 10 nitrogen and oxygen atoms in total. The monoisotopic (exact) mass is 482 g/mol. The first-order valence-corrected chi connectivity index (χ1v) is 11.2. The molecule has 3 aromatic heterocycles. The lowest BCUT2D eigenvalue weighted by molar-refractivity contribution is -0.135. The summed E-state index contributed by atoms with van der Waals surface area (Å²) in [7, 11) is 3.19. The Kier molecular flexibility index (Phi) is 6.62. The maximum Gasteiger partial charge on any atom is 0.258 e. The minimum atomic E-state index is -0.871. The average molecular weight is 483 g/mol. The number of ether oxygens (including phenoxy) is 1. The highest BCUT2D eigenvalue weighted by molar-refractivity contribution is 5.87. The minimum Gasteiger partial charge on any atom is -0.373 e. The first-order valence-electron chi connectivity index (χ1n) is 11.2. The number of anilines is 1. The van der Waals surface area contributed by atoms with Crippen LogP contribution in [0.2, 0.25) is 0 Å². The Morgan fingerprint density at radius 2 is 2.00 bits per heavy atom. The molecule has 0 spiro atoms. The fraction of sp³-hybridized carbons (Fsp3) is 0.417. The zero-order valence-corrected chi connectivity index (χ0v) is 20.0. The number of fused-ring (bicyclic) bond motifs is 1. The van der Waals surface area contributed by atoms with Gasteiger partial charge in [0.25, 0.3) is 5.56 Å². The quantitative estimate of drug-likeness (QED) is 0.532. The first kappa shape index (κ1) is 24.4. The normalized spacial score (nSPS) is 16.2. The summed E-state index contributed by atoms with van der Waals surface area (Å²) in [5.74, 6) is -0.323. The third-order valence-electron chi connectivity index (χ3n) is 6.78. The van der Waals surface area contributed by atoms with E-state index in [0.29, 0.717) is 54.6 Å². The Morgan fingerprint density at radius 3 is 2.63 bits per heavy atom. The maximum absolute atomic E-state index is 14.7. The molecule has 0 bridgehead atoms. The number of nitrogens with zero attached hydrogens (tertiary/aromatic N) is 5. The molecule has 0 radical (unpaired) electrons. The lowest BCUT2D eigenvalue weighted by Crippen LogP contribution is -2.48. The van der Waals surface area contributed by atoms with Crippen LogP contribution < -0.4 is 10.9 Å². The minimum absolute atomic E-state index is 0.0175. The number of likely N-dealkylation sites (tertiary alicyclic amines) is 1. The number of halogens is 1. The molecule has 11 heteroatoms. The molecule has 0 unspecified atom stereocenters. The highest BCUT2D eigenvalue weighted by Crippen LogP contribution is 2.36. The van der Waals surface area contributed by atoms with Gasteiger partial charge in [-0.3, -0.25) is 23.9 Å². The van der Waals surface area contributed by atoms with E-state index in [1.54, 1.807) is 32.0 Å². The number of carbonyl (C=O) groups excluding carboxylic acids is 2. The van der Waals surface area contributed by atoms with E-state index in [-0.39, 0.29) is 22.7 Å². The Balaban J connectivity index is 1.78. The van der Waals surface area contributed by atoms with Crippen LogP contribution >= 0.6 is 0 Å². The lowest BCUT2D eigenvalue weighted by atomic mass is 9.84. The molecule has 1 atom stereocenters. The largest absolute Gasteiger partial charge is 0.373 e. The Bertz CT molecular complexity index is 1350. The van der Waals surface area contributed by atoms with Gasteiger partial charge in [0.2, 0.25) is 5.91 Å². The number of nitrogens with one attached hydrogen (secondary N) is 1. The molecular weight excluding hydrogens is 455 g/mol. The molecule has 1 N–H and O–H groups in total. The summed E-state index contributed by atoms with van der Waals surface area (Å²) in [5, 5.41) is 3.74. The summed E-state index contributed by atoms with van der Waals surface area (Å²) in [4.78, 5) is 50.4. The highest BCUT2D eigenvalue weighted by atomic mass is 19.1. The van der Waals surface area contributed by atoms with Crippen molar-refractivity contribution < 1.29 is 18.7 Å². The van der Waals surface area contributed by atoms with E-state index in [1.807, 2.05) is 0 Å². The molecule has 1 aliphatic rings. The molecule has 3 aromatic rings. The van der Waals surface area contributed by atoms with Crippen LogP contribution in [-0.4, -0.2) is 56.8 Å². The predicted octanol–water partition coefficient (Wildman–Crippen LogP) is 2.33. The van der Waals surface area contributed by atoms with Gasteiger partial charge in [-0.15, -0.1) is 0 Å². The fourth-order valence-corrected chi connectivity index (χ4v) is 4.65. The number of aldehydes is 1. The van der Waals surface area contributed by atoms with Crippen LogP contribution in [0.4, 0.5) is 10.2 Å². The van der Waals surface area contributed by atoms with Crippen LogP contribution in [0.15, 0.2) is 29.5 Å². The second-order valence-corrected chi connectivity index (χ2v) is 8.67. The molecule has 4 heterocycles. The van der Waals surface area contributed by atoms with Gasteiger partial charge in [0.1, 0.15) is 29.1 Å². The molecule has 0 aromatic carbocycles. The number of methoxy groups -OCH3 is 1. The van der Waals surface area contributed by atoms with Crippen molar-refractivity contribution in [2.45, 2.75) is 38.3 Å². The average Bonchev–Trinajstić information content (AvgIpc) is 2.86. The molecule has 1 fully saturated rings. The van der Waals surface area contributed by atoms with Crippen molar-refractivity contribution in [2.24, 2.45) is 7.05 Å². The smallest absolute Gasteiger partial charge is 0.258 e. The molecule has 184 valence electrons. The van der Waals surface area contributed by atoms with Crippen LogP contribution in [-0.2, 0) is 22.2 Å². The van der Waals surface area contributed by atoms with Gasteiger partial charge in [-0.2, -0.15) is 0 Å². The van der Waals surface area contributed by atoms with E-state index in [2.05, 4.69) is 20.3 Å². The molecule has 1 saturated heterocycles. The first-order chi connectivity index (χ1) is 16.7. The summed E-state index contributed by atoms with van der Waals surface area (Å²) in [6.07, 6.45) is 4.00. The SMILES string of the molecule is COC1(c2cc3c(N[C@H](C)c4ccnc(C=O)c4F)ncnc3n(C)c2=O)CCN(C(C)=O)CC1. The Labute approximate surface area is 201 Å². The van der Waals surface area contributed by atoms with Crippen LogP contribution in [0.25, 0.3) is 11.0 Å². The van der Waals surface area contributed by atoms with Gasteiger partial charge in [-0.25, -0.2) is 14.4 Å². The number of hydrogen-bond acceptors (Lipinski definition) is 8. The number of rotatable bonds is 6. The van der Waals surface area contributed by atoms with Gasteiger partial charge >= 0.3 is 0 Å². The van der Waals surface area contributed by atoms with Gasteiger partial charge in [-0.05, 0) is 31.9 Å². The van der Waals surface area contributed by atoms with Crippen LogP contribution in [0.5, 0.6) is 0 Å². The third kappa shape index (κ3) is 4.27. The Morgan fingerprint density at radius 1 is 1.29 bits per heavy atom. The fourth-order valence-electron chi connectivity index (χ4n) is 4.65. The summed E-state index contributed by atoms with van der Waals surface area (Å²) in [6.45, 7) is 4.20. The Hall–Kier alpha value is -3.73. The molecule has 1 aliphatic heterocycles. The summed E-state index contributed by atoms with van der Waals surface area (Å²) in [5.41, 5.74) is -0.286. The molecule has 0 aliphatic carbocycles. The van der Waals surface area contributed by atoms with Gasteiger partial charge in [0.15, 0.2) is 12.1 Å². The second kappa shape index (κ2) is 9.49. The number of pyridine rings is 2. The second-order valence-electron chi connectivity index (χ2n) is 8.67. The van der Waals surface area contributed by atoms with E-state index in [4.69, 9.17) is 4.74 Å². The standard InChI is InChI=1S/C24H27FN6O4/c1-14(16-5-8-26-19(12-32)20(16)25)29-21-17-11-18(23(34)30(3)22(17)28-13-27-21)24(35-4)6-9-31(10-7-24)15(2)33/h5,8,11-14H,6-7,9-10H2,1-4H3,(H,27,28,29)/t14-/m1/s1. The maximum atomic E-state index is 14.7. The van der Waals surface area contributed by atoms with Crippen molar-refractivity contribution in [3.63, 3.8) is 0 Å². The van der Waals surface area contributed by atoms with Gasteiger partial charge in [0.05, 0.1) is 17.0 Å². The van der Waals surface area contributed by atoms with Crippen LogP contribution in [0.3, 0.4) is 0 Å². The van der Waals surface area contributed by atoms with E-state index in [9.17, 15) is 18.8 Å². The van der Waals surface area contributed by atoms with E-state index in [0.717, 1.165) is 0 Å². The van der Waals surface area contributed by atoms with Crippen LogP contribution in [0, 0.1) is 5.82 Å². The van der Waals surface area contributed by atoms with E-state index in [1.165, 1.54) is 30.1 Å².